The largest absolute Gasteiger partial charge is 0.433 e. The molecule has 0 aliphatic carbocycles. The summed E-state index contributed by atoms with van der Waals surface area (Å²) in [6.45, 7) is 10.3. The van der Waals surface area contributed by atoms with E-state index in [-0.39, 0.29) is 10.6 Å². The Labute approximate surface area is 78.5 Å². The first-order chi connectivity index (χ1) is 5.82. The molecule has 0 N–H and O–H groups in total. The molecule has 0 amide bonds. The predicted octanol–water partition coefficient (Wildman–Crippen LogP) is 2.87. The van der Waals surface area contributed by atoms with Crippen molar-refractivity contribution in [3.8, 4) is 0 Å². The number of aromatic nitrogens is 1. The molecule has 1 nitrogen and oxygen atoms in total. The van der Waals surface area contributed by atoms with Crippen LogP contribution in [0, 0.1) is 13.8 Å². The van der Waals surface area contributed by atoms with Gasteiger partial charge in [0.15, 0.2) is 0 Å². The van der Waals surface area contributed by atoms with Crippen molar-refractivity contribution in [1.82, 2.24) is 4.98 Å². The molecule has 13 heavy (non-hydrogen) atoms. The first kappa shape index (κ1) is 10.3. The van der Waals surface area contributed by atoms with E-state index in [2.05, 4.69) is 4.98 Å². The van der Waals surface area contributed by atoms with Gasteiger partial charge < -0.3 is 0 Å². The van der Waals surface area contributed by atoms with Gasteiger partial charge in [0.25, 0.3) is 0 Å². The molecule has 68 valence electrons. The standard InChI is InChI=1S/C8H3ClF3N/c1-4-5(2)13-7(3-6(4)9)8(10,11)12/h1-3H. The highest BCUT2D eigenvalue weighted by Crippen LogP contribution is 2.31. The van der Waals surface area contributed by atoms with E-state index in [0.29, 0.717) is 6.07 Å². The Morgan fingerprint density at radius 1 is 1.31 bits per heavy atom. The van der Waals surface area contributed by atoms with E-state index >= 15 is 0 Å². The first-order valence-corrected chi connectivity index (χ1v) is 3.49. The quantitative estimate of drug-likeness (QED) is 0.635. The molecule has 0 bridgehead atoms. The summed E-state index contributed by atoms with van der Waals surface area (Å²) < 4.78 is 36.2. The smallest absolute Gasteiger partial charge is 0.248 e. The summed E-state index contributed by atoms with van der Waals surface area (Å²) in [5.74, 6) is 0. The Balaban J connectivity index is 3.29. The van der Waals surface area contributed by atoms with Gasteiger partial charge in [-0.25, -0.2) is 4.98 Å². The molecule has 0 aliphatic rings. The van der Waals surface area contributed by atoms with Crippen molar-refractivity contribution in [3.05, 3.63) is 41.9 Å². The number of alkyl halides is 3. The van der Waals surface area contributed by atoms with E-state index in [4.69, 9.17) is 25.4 Å². The van der Waals surface area contributed by atoms with Gasteiger partial charge in [-0.15, -0.1) is 0 Å². The third kappa shape index (κ3) is 2.12. The Hall–Kier alpha value is -0.770. The lowest BCUT2D eigenvalue weighted by Gasteiger charge is -2.08. The number of pyridine rings is 1. The van der Waals surface area contributed by atoms with Gasteiger partial charge in [-0.05, 0) is 11.6 Å². The molecule has 1 heterocycles. The molecule has 4 radical (unpaired) electrons. The van der Waals surface area contributed by atoms with E-state index < -0.39 is 17.6 Å². The van der Waals surface area contributed by atoms with Crippen molar-refractivity contribution in [2.75, 3.05) is 0 Å². The number of hydrogen-bond donors (Lipinski definition) is 0. The molecule has 0 unspecified atom stereocenters. The van der Waals surface area contributed by atoms with Crippen LogP contribution in [0.4, 0.5) is 13.2 Å². The van der Waals surface area contributed by atoms with E-state index in [1.54, 1.807) is 0 Å². The van der Waals surface area contributed by atoms with Crippen LogP contribution in [0.5, 0.6) is 0 Å². The molecule has 0 saturated carbocycles. The Bertz CT molecular complexity index is 310. The SMILES string of the molecule is [CH]c1nc(C(F)(F)F)cc(Cl)c1[CH]. The topological polar surface area (TPSA) is 12.9 Å². The zero-order valence-corrected chi connectivity index (χ0v) is 6.95. The van der Waals surface area contributed by atoms with Crippen LogP contribution in [0.3, 0.4) is 0 Å². The van der Waals surface area contributed by atoms with Gasteiger partial charge in [-0.1, -0.05) is 11.6 Å². The lowest BCUT2D eigenvalue weighted by atomic mass is 10.2. The van der Waals surface area contributed by atoms with Gasteiger partial charge in [-0.2, -0.15) is 13.2 Å². The molecule has 0 aliphatic heterocycles. The Morgan fingerprint density at radius 3 is 2.23 bits per heavy atom. The van der Waals surface area contributed by atoms with Crippen LogP contribution in [-0.4, -0.2) is 4.98 Å². The van der Waals surface area contributed by atoms with E-state index in [1.165, 1.54) is 0 Å². The van der Waals surface area contributed by atoms with Gasteiger partial charge in [0.1, 0.15) is 5.69 Å². The predicted molar refractivity (Wildman–Crippen MR) is 41.1 cm³/mol. The molecule has 5 heteroatoms. The highest BCUT2D eigenvalue weighted by Gasteiger charge is 2.33. The fraction of sp³-hybridized carbons (Fsp3) is 0.125. The minimum atomic E-state index is -4.56. The summed E-state index contributed by atoms with van der Waals surface area (Å²) >= 11 is 5.38. The summed E-state index contributed by atoms with van der Waals surface area (Å²) in [7, 11) is 0. The van der Waals surface area contributed by atoms with Crippen LogP contribution in [0.25, 0.3) is 0 Å². The zero-order valence-electron chi connectivity index (χ0n) is 6.19. The molecule has 0 aromatic carbocycles. The van der Waals surface area contributed by atoms with E-state index in [9.17, 15) is 13.2 Å². The first-order valence-electron chi connectivity index (χ1n) is 3.11. The maximum Gasteiger partial charge on any atom is 0.433 e. The van der Waals surface area contributed by atoms with Gasteiger partial charge in [0.05, 0.1) is 5.69 Å². The van der Waals surface area contributed by atoms with Gasteiger partial charge in [0.2, 0.25) is 0 Å². The minimum Gasteiger partial charge on any atom is -0.248 e. The summed E-state index contributed by atoms with van der Waals surface area (Å²) in [6, 6.07) is 0.632. The van der Waals surface area contributed by atoms with Crippen molar-refractivity contribution >= 4 is 11.6 Å². The number of rotatable bonds is 0. The number of halogens is 4. The average Bonchev–Trinajstić information content (AvgIpc) is 1.97. The summed E-state index contributed by atoms with van der Waals surface area (Å²) in [6.07, 6.45) is -4.56. The lowest BCUT2D eigenvalue weighted by molar-refractivity contribution is -0.141. The molecule has 0 saturated heterocycles. The van der Waals surface area contributed by atoms with Crippen molar-refractivity contribution in [2.24, 2.45) is 0 Å². The van der Waals surface area contributed by atoms with E-state index in [0.717, 1.165) is 0 Å². The van der Waals surface area contributed by atoms with Crippen LogP contribution in [-0.2, 0) is 6.18 Å². The fourth-order valence-corrected chi connectivity index (χ4v) is 0.888. The zero-order chi connectivity index (χ0) is 10.2. The monoisotopic (exact) mass is 205 g/mol. The molecular formula is C8H3ClF3N. The van der Waals surface area contributed by atoms with Crippen LogP contribution in [0.15, 0.2) is 6.07 Å². The summed E-state index contributed by atoms with van der Waals surface area (Å²) in [5, 5.41) is -0.250. The maximum atomic E-state index is 12.1. The van der Waals surface area contributed by atoms with Crippen molar-refractivity contribution in [1.29, 1.82) is 0 Å². The normalized spacial score (nSPS) is 11.8. The van der Waals surface area contributed by atoms with Gasteiger partial charge in [-0.3, -0.25) is 0 Å². The maximum absolute atomic E-state index is 12.1. The fourth-order valence-electron chi connectivity index (χ4n) is 0.688. The van der Waals surface area contributed by atoms with Gasteiger partial charge in [0, 0.05) is 18.9 Å². The molecule has 1 aromatic rings. The van der Waals surface area contributed by atoms with Crippen LogP contribution < -0.4 is 0 Å². The van der Waals surface area contributed by atoms with Crippen molar-refractivity contribution in [2.45, 2.75) is 6.18 Å². The highest BCUT2D eigenvalue weighted by molar-refractivity contribution is 6.31. The summed E-state index contributed by atoms with van der Waals surface area (Å²) in [4.78, 5) is 3.05. The number of hydrogen-bond acceptors (Lipinski definition) is 1. The molecule has 0 spiro atoms. The molecule has 0 fully saturated rings. The number of nitrogens with zero attached hydrogens (tertiary/aromatic N) is 1. The molecule has 0 atom stereocenters. The average molecular weight is 206 g/mol. The van der Waals surface area contributed by atoms with E-state index in [1.807, 2.05) is 0 Å². The summed E-state index contributed by atoms with van der Waals surface area (Å²) in [5.41, 5.74) is -1.71. The molecule has 1 rings (SSSR count). The second-order valence-corrected chi connectivity index (χ2v) is 2.69. The Morgan fingerprint density at radius 2 is 1.85 bits per heavy atom. The second-order valence-electron chi connectivity index (χ2n) is 2.29. The Kier molecular flexibility index (Phi) is 2.52. The highest BCUT2D eigenvalue weighted by atomic mass is 35.5. The third-order valence-electron chi connectivity index (χ3n) is 1.33. The van der Waals surface area contributed by atoms with Gasteiger partial charge >= 0.3 is 6.18 Å². The van der Waals surface area contributed by atoms with Crippen LogP contribution in [0.1, 0.15) is 17.0 Å². The van der Waals surface area contributed by atoms with Crippen molar-refractivity contribution < 1.29 is 13.2 Å². The van der Waals surface area contributed by atoms with Crippen LogP contribution >= 0.6 is 11.6 Å². The van der Waals surface area contributed by atoms with Crippen molar-refractivity contribution in [3.63, 3.8) is 0 Å². The molecule has 1 aromatic heterocycles. The second kappa shape index (κ2) is 3.18. The van der Waals surface area contributed by atoms with Crippen LogP contribution in [0.2, 0.25) is 5.02 Å². The molecular weight excluding hydrogens is 203 g/mol. The third-order valence-corrected chi connectivity index (χ3v) is 1.64. The lowest BCUT2D eigenvalue weighted by Crippen LogP contribution is -2.09. The minimum absolute atomic E-state index is 0.144.